The lowest BCUT2D eigenvalue weighted by molar-refractivity contribution is 0.0861. The van der Waals surface area contributed by atoms with Gasteiger partial charge in [-0.3, -0.25) is 4.79 Å². The first-order chi connectivity index (χ1) is 17.5. The van der Waals surface area contributed by atoms with Crippen molar-refractivity contribution in [3.63, 3.8) is 0 Å². The summed E-state index contributed by atoms with van der Waals surface area (Å²) < 4.78 is 27.9. The molecule has 0 heterocycles. The van der Waals surface area contributed by atoms with Crippen molar-refractivity contribution in [2.45, 2.75) is 64.1 Å². The monoisotopic (exact) mass is 506 g/mol. The number of aliphatic hydroxyl groups is 1. The normalized spacial score (nSPS) is 16.2. The van der Waals surface area contributed by atoms with Crippen LogP contribution in [0.15, 0.2) is 72.8 Å². The molecule has 1 amide bonds. The summed E-state index contributed by atoms with van der Waals surface area (Å²) in [6.45, 7) is 6.63. The SMILES string of the molecule is CC(C)(C)Cc1cccc(C2(NC(Cc3cc(F)cc(F)c3)[C@H](O)CNC(=O)c3ccccc3)CC2)c1. The highest BCUT2D eigenvalue weighted by Gasteiger charge is 2.46. The van der Waals surface area contributed by atoms with Crippen LogP contribution in [0.3, 0.4) is 0 Å². The van der Waals surface area contributed by atoms with Crippen molar-refractivity contribution in [1.82, 2.24) is 10.6 Å². The van der Waals surface area contributed by atoms with E-state index in [4.69, 9.17) is 0 Å². The van der Waals surface area contributed by atoms with E-state index in [9.17, 15) is 18.7 Å². The van der Waals surface area contributed by atoms with Crippen molar-refractivity contribution in [2.75, 3.05) is 6.54 Å². The number of aliphatic hydroxyl groups excluding tert-OH is 1. The Bertz CT molecular complexity index is 1200. The highest BCUT2D eigenvalue weighted by atomic mass is 19.1. The second kappa shape index (κ2) is 11.1. The number of hydrogen-bond acceptors (Lipinski definition) is 3. The number of amides is 1. The number of halogens is 2. The van der Waals surface area contributed by atoms with Gasteiger partial charge in [0.25, 0.3) is 5.91 Å². The van der Waals surface area contributed by atoms with Gasteiger partial charge in [-0.15, -0.1) is 0 Å². The second-order valence-electron chi connectivity index (χ2n) is 11.4. The van der Waals surface area contributed by atoms with Crippen LogP contribution in [0, 0.1) is 17.0 Å². The molecule has 196 valence electrons. The van der Waals surface area contributed by atoms with E-state index in [2.05, 4.69) is 55.7 Å². The summed E-state index contributed by atoms with van der Waals surface area (Å²) in [5, 5.41) is 17.6. The highest BCUT2D eigenvalue weighted by Crippen LogP contribution is 2.46. The van der Waals surface area contributed by atoms with E-state index in [1.807, 2.05) is 6.07 Å². The molecule has 1 fully saturated rings. The zero-order chi connectivity index (χ0) is 26.6. The van der Waals surface area contributed by atoms with E-state index >= 15 is 0 Å². The summed E-state index contributed by atoms with van der Waals surface area (Å²) in [5.41, 5.74) is 3.17. The predicted molar refractivity (Wildman–Crippen MR) is 142 cm³/mol. The minimum atomic E-state index is -0.978. The predicted octanol–water partition coefficient (Wildman–Crippen LogP) is 5.53. The van der Waals surface area contributed by atoms with Crippen LogP contribution in [0.25, 0.3) is 0 Å². The third kappa shape index (κ3) is 7.46. The Morgan fingerprint density at radius 2 is 1.62 bits per heavy atom. The fraction of sp³-hybridized carbons (Fsp3) is 0.387. The molecule has 4 nitrogen and oxygen atoms in total. The maximum absolute atomic E-state index is 13.9. The minimum Gasteiger partial charge on any atom is -0.390 e. The van der Waals surface area contributed by atoms with Crippen molar-refractivity contribution >= 4 is 5.91 Å². The van der Waals surface area contributed by atoms with Gasteiger partial charge in [0.05, 0.1) is 6.10 Å². The van der Waals surface area contributed by atoms with Crippen molar-refractivity contribution in [1.29, 1.82) is 0 Å². The van der Waals surface area contributed by atoms with Gasteiger partial charge in [0, 0.05) is 29.8 Å². The molecule has 4 rings (SSSR count). The number of nitrogens with one attached hydrogen (secondary N) is 2. The van der Waals surface area contributed by atoms with Gasteiger partial charge in [0.15, 0.2) is 0 Å². The molecule has 0 radical (unpaired) electrons. The Morgan fingerprint density at radius 1 is 0.946 bits per heavy atom. The van der Waals surface area contributed by atoms with Crippen LogP contribution in [0.5, 0.6) is 0 Å². The first-order valence-corrected chi connectivity index (χ1v) is 12.9. The molecule has 1 aliphatic rings. The second-order valence-corrected chi connectivity index (χ2v) is 11.4. The molecule has 6 heteroatoms. The topological polar surface area (TPSA) is 61.4 Å². The Balaban J connectivity index is 1.54. The number of rotatable bonds is 10. The van der Waals surface area contributed by atoms with Crippen molar-refractivity contribution in [3.05, 3.63) is 107 Å². The van der Waals surface area contributed by atoms with Crippen molar-refractivity contribution in [2.24, 2.45) is 5.41 Å². The van der Waals surface area contributed by atoms with Gasteiger partial charge >= 0.3 is 0 Å². The third-order valence-corrected chi connectivity index (χ3v) is 6.78. The summed E-state index contributed by atoms with van der Waals surface area (Å²) in [7, 11) is 0. The lowest BCUT2D eigenvalue weighted by Gasteiger charge is -2.31. The number of hydrogen-bond donors (Lipinski definition) is 3. The lowest BCUT2D eigenvalue weighted by atomic mass is 9.87. The van der Waals surface area contributed by atoms with E-state index in [-0.39, 0.29) is 29.8 Å². The molecule has 3 aromatic rings. The summed E-state index contributed by atoms with van der Waals surface area (Å²) in [5.74, 6) is -1.60. The summed E-state index contributed by atoms with van der Waals surface area (Å²) in [6, 6.07) is 20.2. The van der Waals surface area contributed by atoms with E-state index in [0.717, 1.165) is 30.9 Å². The summed E-state index contributed by atoms with van der Waals surface area (Å²) >= 11 is 0. The van der Waals surface area contributed by atoms with Crippen LogP contribution >= 0.6 is 0 Å². The van der Waals surface area contributed by atoms with Gasteiger partial charge in [0.2, 0.25) is 0 Å². The zero-order valence-corrected chi connectivity index (χ0v) is 21.7. The van der Waals surface area contributed by atoms with Gasteiger partial charge in [-0.2, -0.15) is 0 Å². The number of benzene rings is 3. The van der Waals surface area contributed by atoms with Gasteiger partial charge in [0.1, 0.15) is 11.6 Å². The van der Waals surface area contributed by atoms with E-state index < -0.39 is 23.8 Å². The molecule has 37 heavy (non-hydrogen) atoms. The van der Waals surface area contributed by atoms with Crippen LogP contribution in [0.4, 0.5) is 8.78 Å². The molecule has 0 aliphatic heterocycles. The number of carbonyl (C=O) groups excluding carboxylic acids is 1. The molecule has 2 atom stereocenters. The van der Waals surface area contributed by atoms with Gasteiger partial charge in [-0.25, -0.2) is 8.78 Å². The van der Waals surface area contributed by atoms with Crippen molar-refractivity contribution in [3.8, 4) is 0 Å². The largest absolute Gasteiger partial charge is 0.390 e. The van der Waals surface area contributed by atoms with E-state index in [1.165, 1.54) is 17.7 Å². The fourth-order valence-electron chi connectivity index (χ4n) is 4.88. The average Bonchev–Trinajstić information content (AvgIpc) is 3.62. The van der Waals surface area contributed by atoms with E-state index in [1.54, 1.807) is 24.3 Å². The molecule has 0 aromatic heterocycles. The van der Waals surface area contributed by atoms with Crippen LogP contribution in [0.1, 0.15) is 60.7 Å². The van der Waals surface area contributed by atoms with Crippen molar-refractivity contribution < 1.29 is 18.7 Å². The van der Waals surface area contributed by atoms with Gasteiger partial charge in [-0.05, 0) is 72.1 Å². The van der Waals surface area contributed by atoms with Crippen LogP contribution in [0.2, 0.25) is 0 Å². The number of carbonyl (C=O) groups is 1. The van der Waals surface area contributed by atoms with Gasteiger partial charge in [-0.1, -0.05) is 63.2 Å². The summed E-state index contributed by atoms with van der Waals surface area (Å²) in [4.78, 5) is 12.5. The highest BCUT2D eigenvalue weighted by molar-refractivity contribution is 5.94. The molecule has 0 spiro atoms. The third-order valence-electron chi connectivity index (χ3n) is 6.78. The fourth-order valence-corrected chi connectivity index (χ4v) is 4.88. The van der Waals surface area contributed by atoms with Gasteiger partial charge < -0.3 is 15.7 Å². The standard InChI is InChI=1S/C31H36F2N2O2/c1-30(2,3)19-21-8-7-11-24(14-21)31(12-13-31)35-27(17-22-15-25(32)18-26(33)16-22)28(36)20-34-29(37)23-9-5-4-6-10-23/h4-11,14-16,18,27-28,35-36H,12-13,17,19-20H2,1-3H3,(H,34,37)/t27?,28-/m1/s1. The Hall–Kier alpha value is -3.09. The van der Waals surface area contributed by atoms with Crippen LogP contribution in [-0.2, 0) is 18.4 Å². The first-order valence-electron chi connectivity index (χ1n) is 12.9. The first kappa shape index (κ1) is 27.0. The average molecular weight is 507 g/mol. The van der Waals surface area contributed by atoms with Crippen LogP contribution in [-0.4, -0.2) is 29.7 Å². The zero-order valence-electron chi connectivity index (χ0n) is 21.7. The maximum Gasteiger partial charge on any atom is 0.251 e. The molecular formula is C31H36F2N2O2. The minimum absolute atomic E-state index is 0.00331. The molecule has 3 aromatic carbocycles. The Morgan fingerprint density at radius 3 is 2.24 bits per heavy atom. The maximum atomic E-state index is 13.9. The molecule has 0 bridgehead atoms. The Kier molecular flexibility index (Phi) is 8.10. The molecule has 3 N–H and O–H groups in total. The quantitative estimate of drug-likeness (QED) is 0.339. The van der Waals surface area contributed by atoms with Crippen LogP contribution < -0.4 is 10.6 Å². The molecular weight excluding hydrogens is 470 g/mol. The lowest BCUT2D eigenvalue weighted by Crippen LogP contribution is -2.51. The molecule has 1 saturated carbocycles. The van der Waals surface area contributed by atoms with E-state index in [0.29, 0.717) is 11.1 Å². The summed E-state index contributed by atoms with van der Waals surface area (Å²) in [6.07, 6.45) is 1.96. The molecule has 1 aliphatic carbocycles. The Labute approximate surface area is 218 Å². The molecule has 0 saturated heterocycles. The smallest absolute Gasteiger partial charge is 0.251 e. The molecule has 1 unspecified atom stereocenters.